The highest BCUT2D eigenvalue weighted by molar-refractivity contribution is 5.61. The van der Waals surface area contributed by atoms with E-state index in [0.29, 0.717) is 11.5 Å². The first-order chi connectivity index (χ1) is 11.0. The predicted octanol–water partition coefficient (Wildman–Crippen LogP) is 5.20. The van der Waals surface area contributed by atoms with E-state index in [2.05, 4.69) is 42.1 Å². The monoisotopic (exact) mass is 308 g/mol. The van der Waals surface area contributed by atoms with Gasteiger partial charge in [0, 0.05) is 6.20 Å². The number of aromatic hydroxyl groups is 1. The van der Waals surface area contributed by atoms with Crippen LogP contribution in [0.1, 0.15) is 36.6 Å². The number of azo groups is 1. The molecule has 5 heteroatoms. The molecule has 0 saturated carbocycles. The Bertz CT molecular complexity index is 893. The highest BCUT2D eigenvalue weighted by Gasteiger charge is 2.17. The summed E-state index contributed by atoms with van der Waals surface area (Å²) in [6.07, 6.45) is 1.84. The van der Waals surface area contributed by atoms with Crippen molar-refractivity contribution < 1.29 is 5.11 Å². The van der Waals surface area contributed by atoms with Crippen molar-refractivity contribution in [2.75, 3.05) is 0 Å². The minimum atomic E-state index is 0.141. The molecule has 0 bridgehead atoms. The molecule has 118 valence electrons. The topological polar surface area (TPSA) is 62.2 Å². The fourth-order valence-corrected chi connectivity index (χ4v) is 2.49. The lowest BCUT2D eigenvalue weighted by Gasteiger charge is -2.04. The van der Waals surface area contributed by atoms with Crippen molar-refractivity contribution in [3.63, 3.8) is 0 Å². The van der Waals surface area contributed by atoms with Crippen LogP contribution in [0.15, 0.2) is 46.8 Å². The second kappa shape index (κ2) is 5.83. The molecular formula is C18H20N4O. The van der Waals surface area contributed by atoms with Crippen molar-refractivity contribution in [1.82, 2.24) is 9.38 Å². The zero-order chi connectivity index (χ0) is 16.6. The van der Waals surface area contributed by atoms with E-state index in [9.17, 15) is 5.11 Å². The standard InChI is InChI=1S/C18H20N4O/c1-11(2)16-18(22-10-6-9-15(23)17(22)19-16)21-20-14-8-5-7-12(3)13(14)4/h5-11,23H,1-4H3. The zero-order valence-electron chi connectivity index (χ0n) is 13.8. The van der Waals surface area contributed by atoms with Crippen molar-refractivity contribution in [1.29, 1.82) is 0 Å². The molecule has 0 fully saturated rings. The first-order valence-corrected chi connectivity index (χ1v) is 7.67. The number of imidazole rings is 1. The number of rotatable bonds is 3. The Balaban J connectivity index is 2.15. The maximum absolute atomic E-state index is 10.0. The van der Waals surface area contributed by atoms with Gasteiger partial charge in [0.1, 0.15) is 0 Å². The molecule has 0 unspecified atom stereocenters. The van der Waals surface area contributed by atoms with Crippen LogP contribution in [0, 0.1) is 13.8 Å². The highest BCUT2D eigenvalue weighted by atomic mass is 16.3. The summed E-state index contributed by atoms with van der Waals surface area (Å²) < 4.78 is 1.78. The van der Waals surface area contributed by atoms with Crippen molar-refractivity contribution in [3.05, 3.63) is 53.3 Å². The number of fused-ring (bicyclic) bond motifs is 1. The van der Waals surface area contributed by atoms with Crippen LogP contribution in [0.3, 0.4) is 0 Å². The van der Waals surface area contributed by atoms with Crippen LogP contribution in [-0.2, 0) is 0 Å². The van der Waals surface area contributed by atoms with Gasteiger partial charge in [0.25, 0.3) is 0 Å². The summed E-state index contributed by atoms with van der Waals surface area (Å²) in [5, 5.41) is 18.9. The van der Waals surface area contributed by atoms with Crippen molar-refractivity contribution in [2.45, 2.75) is 33.6 Å². The lowest BCUT2D eigenvalue weighted by molar-refractivity contribution is 0.477. The summed E-state index contributed by atoms with van der Waals surface area (Å²) in [4.78, 5) is 4.52. The average molecular weight is 308 g/mol. The van der Waals surface area contributed by atoms with E-state index in [1.54, 1.807) is 16.5 Å². The van der Waals surface area contributed by atoms with Crippen LogP contribution in [-0.4, -0.2) is 14.5 Å². The van der Waals surface area contributed by atoms with Gasteiger partial charge in [0.05, 0.1) is 11.4 Å². The van der Waals surface area contributed by atoms with Gasteiger partial charge in [-0.1, -0.05) is 26.0 Å². The highest BCUT2D eigenvalue weighted by Crippen LogP contribution is 2.32. The van der Waals surface area contributed by atoms with E-state index >= 15 is 0 Å². The van der Waals surface area contributed by atoms with E-state index in [0.717, 1.165) is 16.9 Å². The SMILES string of the molecule is Cc1cccc(N=Nc2c(C(C)C)nc3c(O)cccn23)c1C. The summed E-state index contributed by atoms with van der Waals surface area (Å²) in [6, 6.07) is 9.37. The number of aryl methyl sites for hydroxylation is 1. The summed E-state index contributed by atoms with van der Waals surface area (Å²) in [5.41, 5.74) is 4.46. The van der Waals surface area contributed by atoms with E-state index in [4.69, 9.17) is 0 Å². The van der Waals surface area contributed by atoms with Crippen LogP contribution in [0.2, 0.25) is 0 Å². The molecule has 0 aliphatic heterocycles. The normalized spacial score (nSPS) is 11.9. The van der Waals surface area contributed by atoms with Gasteiger partial charge in [-0.25, -0.2) is 4.98 Å². The summed E-state index contributed by atoms with van der Waals surface area (Å²) in [5.74, 6) is 0.983. The number of pyridine rings is 1. The van der Waals surface area contributed by atoms with Gasteiger partial charge in [0.15, 0.2) is 17.2 Å². The molecule has 0 spiro atoms. The van der Waals surface area contributed by atoms with Gasteiger partial charge >= 0.3 is 0 Å². The Morgan fingerprint density at radius 2 is 1.87 bits per heavy atom. The van der Waals surface area contributed by atoms with Crippen molar-refractivity contribution in [3.8, 4) is 5.75 Å². The lowest BCUT2D eigenvalue weighted by Crippen LogP contribution is -1.87. The third-order valence-corrected chi connectivity index (χ3v) is 4.01. The second-order valence-corrected chi connectivity index (χ2v) is 5.98. The number of benzene rings is 1. The molecular weight excluding hydrogens is 288 g/mol. The maximum Gasteiger partial charge on any atom is 0.183 e. The van der Waals surface area contributed by atoms with Gasteiger partial charge in [-0.3, -0.25) is 4.40 Å². The molecule has 3 rings (SSSR count). The Labute approximate surface area is 135 Å². The zero-order valence-corrected chi connectivity index (χ0v) is 13.8. The molecule has 1 aromatic carbocycles. The molecule has 0 aliphatic rings. The third-order valence-electron chi connectivity index (χ3n) is 4.01. The van der Waals surface area contributed by atoms with Crippen LogP contribution in [0.5, 0.6) is 5.75 Å². The van der Waals surface area contributed by atoms with Gasteiger partial charge in [0.2, 0.25) is 0 Å². The van der Waals surface area contributed by atoms with E-state index in [1.165, 1.54) is 5.56 Å². The predicted molar refractivity (Wildman–Crippen MR) is 91.0 cm³/mol. The number of hydrogen-bond donors (Lipinski definition) is 1. The molecule has 3 aromatic rings. The first kappa shape index (κ1) is 15.2. The van der Waals surface area contributed by atoms with Gasteiger partial charge in [-0.05, 0) is 49.1 Å². The molecule has 0 amide bonds. The van der Waals surface area contributed by atoms with Gasteiger partial charge < -0.3 is 5.11 Å². The fourth-order valence-electron chi connectivity index (χ4n) is 2.49. The van der Waals surface area contributed by atoms with E-state index in [1.807, 2.05) is 25.3 Å². The number of nitrogens with zero attached hydrogens (tertiary/aromatic N) is 4. The molecule has 2 heterocycles. The van der Waals surface area contributed by atoms with Crippen LogP contribution in [0.4, 0.5) is 11.5 Å². The fraction of sp³-hybridized carbons (Fsp3) is 0.278. The van der Waals surface area contributed by atoms with Crippen LogP contribution in [0.25, 0.3) is 5.65 Å². The quantitative estimate of drug-likeness (QED) is 0.676. The minimum absolute atomic E-state index is 0.141. The molecule has 2 aromatic heterocycles. The number of hydrogen-bond acceptors (Lipinski definition) is 4. The molecule has 0 saturated heterocycles. The van der Waals surface area contributed by atoms with Gasteiger partial charge in [-0.15, -0.1) is 10.2 Å². The maximum atomic E-state index is 10.0. The first-order valence-electron chi connectivity index (χ1n) is 7.67. The molecule has 23 heavy (non-hydrogen) atoms. The second-order valence-electron chi connectivity index (χ2n) is 5.98. The molecule has 0 radical (unpaired) electrons. The average Bonchev–Trinajstić information content (AvgIpc) is 2.89. The Morgan fingerprint density at radius 3 is 2.61 bits per heavy atom. The van der Waals surface area contributed by atoms with Crippen LogP contribution < -0.4 is 0 Å². The lowest BCUT2D eigenvalue weighted by atomic mass is 10.1. The summed E-state index contributed by atoms with van der Waals surface area (Å²) in [7, 11) is 0. The van der Waals surface area contributed by atoms with E-state index in [-0.39, 0.29) is 11.7 Å². The Hall–Kier alpha value is -2.69. The van der Waals surface area contributed by atoms with Crippen LogP contribution >= 0.6 is 0 Å². The van der Waals surface area contributed by atoms with Gasteiger partial charge in [-0.2, -0.15) is 0 Å². The molecule has 1 N–H and O–H groups in total. The smallest absolute Gasteiger partial charge is 0.183 e. The molecule has 0 atom stereocenters. The van der Waals surface area contributed by atoms with Crippen molar-refractivity contribution in [2.24, 2.45) is 10.2 Å². The molecule has 5 nitrogen and oxygen atoms in total. The van der Waals surface area contributed by atoms with E-state index < -0.39 is 0 Å². The van der Waals surface area contributed by atoms with Crippen molar-refractivity contribution >= 4 is 17.2 Å². The Morgan fingerprint density at radius 1 is 1.09 bits per heavy atom. The largest absolute Gasteiger partial charge is 0.504 e. The molecule has 0 aliphatic carbocycles. The number of aromatic nitrogens is 2. The summed E-state index contributed by atoms with van der Waals surface area (Å²) in [6.45, 7) is 8.19. The minimum Gasteiger partial charge on any atom is -0.504 e. The summed E-state index contributed by atoms with van der Waals surface area (Å²) >= 11 is 0. The Kier molecular flexibility index (Phi) is 3.86. The third kappa shape index (κ3) is 2.70.